The Kier molecular flexibility index (Phi) is 2.83. The number of allylic oxidation sites excluding steroid dienone is 1. The largest absolute Gasteiger partial charge is 0.491 e. The predicted molar refractivity (Wildman–Crippen MR) is 62.2 cm³/mol. The minimum absolute atomic E-state index is 0.0116. The molecule has 0 bridgehead atoms. The lowest BCUT2D eigenvalue weighted by Gasteiger charge is -2.33. The second-order valence-corrected chi connectivity index (χ2v) is 4.51. The van der Waals surface area contributed by atoms with Crippen LogP contribution in [-0.4, -0.2) is 9.91 Å². The van der Waals surface area contributed by atoms with Gasteiger partial charge in [-0.3, -0.25) is 15.1 Å². The number of nitro groups is 1. The highest BCUT2D eigenvalue weighted by molar-refractivity contribution is 5.41. The van der Waals surface area contributed by atoms with Crippen LogP contribution in [0.1, 0.15) is 25.8 Å². The Balaban J connectivity index is 2.46. The van der Waals surface area contributed by atoms with E-state index in [0.717, 1.165) is 0 Å². The lowest BCUT2D eigenvalue weighted by Crippen LogP contribution is -2.29. The third-order valence-electron chi connectivity index (χ3n) is 3.01. The Morgan fingerprint density at radius 2 is 2.41 bits per heavy atom. The maximum Gasteiger partial charge on any atom is 0.294 e. The number of nitrogens with zero attached hydrogens (tertiary/aromatic N) is 2. The first-order chi connectivity index (χ1) is 8.03. The smallest absolute Gasteiger partial charge is 0.294 e. The van der Waals surface area contributed by atoms with Crippen molar-refractivity contribution in [2.24, 2.45) is 5.92 Å². The van der Waals surface area contributed by atoms with Crippen LogP contribution in [0, 0.1) is 16.0 Å². The number of hydrogen-bond acceptors (Lipinski definition) is 4. The predicted octanol–water partition coefficient (Wildman–Crippen LogP) is 2.78. The van der Waals surface area contributed by atoms with Crippen LogP contribution in [0.2, 0.25) is 0 Å². The third kappa shape index (κ3) is 2.13. The van der Waals surface area contributed by atoms with E-state index in [2.05, 4.69) is 11.9 Å². The second kappa shape index (κ2) is 4.16. The molecule has 2 unspecified atom stereocenters. The Morgan fingerprint density at radius 3 is 3.06 bits per heavy atom. The molecule has 2 atom stereocenters. The summed E-state index contributed by atoms with van der Waals surface area (Å²) >= 11 is 0. The highest BCUT2D eigenvalue weighted by Crippen LogP contribution is 2.39. The van der Waals surface area contributed by atoms with E-state index in [1.807, 2.05) is 13.0 Å². The zero-order valence-corrected chi connectivity index (χ0v) is 9.79. The molecule has 0 amide bonds. The van der Waals surface area contributed by atoms with Crippen LogP contribution in [-0.2, 0) is 10.3 Å². The van der Waals surface area contributed by atoms with Crippen molar-refractivity contribution in [3.8, 4) is 0 Å². The van der Waals surface area contributed by atoms with Crippen molar-refractivity contribution in [2.45, 2.75) is 25.9 Å². The summed E-state index contributed by atoms with van der Waals surface area (Å²) in [5.74, 6) is 0.335. The molecule has 0 fully saturated rings. The molecule has 0 saturated heterocycles. The summed E-state index contributed by atoms with van der Waals surface area (Å²) in [6, 6.07) is 1.66. The topological polar surface area (TPSA) is 65.3 Å². The molecule has 0 radical (unpaired) electrons. The lowest BCUT2D eigenvalue weighted by molar-refractivity contribution is -0.387. The Bertz CT molecular complexity index is 473. The molecule has 0 aromatic carbocycles. The monoisotopic (exact) mass is 234 g/mol. The molecule has 1 aromatic rings. The summed E-state index contributed by atoms with van der Waals surface area (Å²) in [7, 11) is 0. The molecule has 1 aliphatic rings. The first kappa shape index (κ1) is 11.6. The van der Waals surface area contributed by atoms with Gasteiger partial charge in [-0.1, -0.05) is 6.92 Å². The van der Waals surface area contributed by atoms with E-state index in [0.29, 0.717) is 17.9 Å². The quantitative estimate of drug-likeness (QED) is 0.583. The molecule has 5 nitrogen and oxygen atoms in total. The Morgan fingerprint density at radius 1 is 1.65 bits per heavy atom. The molecule has 90 valence electrons. The van der Waals surface area contributed by atoms with Crippen molar-refractivity contribution in [3.05, 3.63) is 46.5 Å². The van der Waals surface area contributed by atoms with Crippen LogP contribution in [0.3, 0.4) is 0 Å². The van der Waals surface area contributed by atoms with E-state index < -0.39 is 10.5 Å². The van der Waals surface area contributed by atoms with Gasteiger partial charge in [0.25, 0.3) is 5.69 Å². The van der Waals surface area contributed by atoms with Gasteiger partial charge in [0.1, 0.15) is 11.8 Å². The molecule has 0 aliphatic carbocycles. The van der Waals surface area contributed by atoms with Gasteiger partial charge in [-0.15, -0.1) is 0 Å². The SMILES string of the molecule is CC1C=COC(C)(c2ccncc2[N+](=O)[O-])C1. The van der Waals surface area contributed by atoms with E-state index in [9.17, 15) is 10.1 Å². The summed E-state index contributed by atoms with van der Waals surface area (Å²) in [6.07, 6.45) is 7.12. The van der Waals surface area contributed by atoms with E-state index in [1.54, 1.807) is 18.5 Å². The summed E-state index contributed by atoms with van der Waals surface area (Å²) in [5, 5.41) is 11.0. The van der Waals surface area contributed by atoms with E-state index in [4.69, 9.17) is 4.74 Å². The van der Waals surface area contributed by atoms with E-state index >= 15 is 0 Å². The van der Waals surface area contributed by atoms with Crippen molar-refractivity contribution < 1.29 is 9.66 Å². The maximum atomic E-state index is 11.0. The molecule has 5 heteroatoms. The summed E-state index contributed by atoms with van der Waals surface area (Å²) in [5.41, 5.74) is -0.0642. The highest BCUT2D eigenvalue weighted by Gasteiger charge is 2.37. The first-order valence-electron chi connectivity index (χ1n) is 5.46. The molecule has 17 heavy (non-hydrogen) atoms. The van der Waals surface area contributed by atoms with Crippen molar-refractivity contribution in [3.63, 3.8) is 0 Å². The minimum atomic E-state index is -0.653. The van der Waals surface area contributed by atoms with E-state index in [1.165, 1.54) is 6.20 Å². The van der Waals surface area contributed by atoms with Crippen LogP contribution >= 0.6 is 0 Å². The highest BCUT2D eigenvalue weighted by atomic mass is 16.6. The normalized spacial score (nSPS) is 27.5. The molecule has 0 N–H and O–H groups in total. The van der Waals surface area contributed by atoms with Gasteiger partial charge in [-0.25, -0.2) is 0 Å². The van der Waals surface area contributed by atoms with Gasteiger partial charge < -0.3 is 4.74 Å². The first-order valence-corrected chi connectivity index (χ1v) is 5.46. The molecular formula is C12H14N2O3. The zero-order chi connectivity index (χ0) is 12.5. The Hall–Kier alpha value is -1.91. The van der Waals surface area contributed by atoms with Crippen molar-refractivity contribution in [1.29, 1.82) is 0 Å². The van der Waals surface area contributed by atoms with Gasteiger partial charge in [-0.2, -0.15) is 0 Å². The van der Waals surface area contributed by atoms with Crippen LogP contribution in [0.15, 0.2) is 30.8 Å². The van der Waals surface area contributed by atoms with Gasteiger partial charge in [0, 0.05) is 6.20 Å². The Labute approximate surface area is 99.3 Å². The zero-order valence-electron chi connectivity index (χ0n) is 9.79. The molecule has 2 heterocycles. The van der Waals surface area contributed by atoms with Crippen molar-refractivity contribution >= 4 is 5.69 Å². The van der Waals surface area contributed by atoms with E-state index in [-0.39, 0.29) is 5.69 Å². The lowest BCUT2D eigenvalue weighted by atomic mass is 9.85. The fraction of sp³-hybridized carbons (Fsp3) is 0.417. The van der Waals surface area contributed by atoms with Crippen molar-refractivity contribution in [1.82, 2.24) is 4.98 Å². The molecule has 0 saturated carbocycles. The van der Waals surface area contributed by atoms with Gasteiger partial charge in [0.15, 0.2) is 0 Å². The maximum absolute atomic E-state index is 11.0. The van der Waals surface area contributed by atoms with Crippen LogP contribution in [0.25, 0.3) is 0 Å². The standard InChI is InChI=1S/C12H14N2O3/c1-9-4-6-17-12(2,7-9)10-3-5-13-8-11(10)14(15)16/h3-6,8-9H,7H2,1-2H3. The second-order valence-electron chi connectivity index (χ2n) is 4.51. The third-order valence-corrected chi connectivity index (χ3v) is 3.01. The van der Waals surface area contributed by atoms with Crippen LogP contribution in [0.5, 0.6) is 0 Å². The van der Waals surface area contributed by atoms with Gasteiger partial charge >= 0.3 is 0 Å². The molecular weight excluding hydrogens is 220 g/mol. The van der Waals surface area contributed by atoms with Gasteiger partial charge in [-0.05, 0) is 31.4 Å². The number of hydrogen-bond donors (Lipinski definition) is 0. The van der Waals surface area contributed by atoms with Crippen LogP contribution in [0.4, 0.5) is 5.69 Å². The summed E-state index contributed by atoms with van der Waals surface area (Å²) < 4.78 is 5.60. The average Bonchev–Trinajstić information content (AvgIpc) is 2.28. The molecule has 1 aromatic heterocycles. The molecule has 2 rings (SSSR count). The number of pyridine rings is 1. The van der Waals surface area contributed by atoms with Crippen LogP contribution < -0.4 is 0 Å². The van der Waals surface area contributed by atoms with Crippen molar-refractivity contribution in [2.75, 3.05) is 0 Å². The molecule has 1 aliphatic heterocycles. The van der Waals surface area contributed by atoms with Gasteiger partial charge in [0.2, 0.25) is 0 Å². The summed E-state index contributed by atoms with van der Waals surface area (Å²) in [4.78, 5) is 14.4. The van der Waals surface area contributed by atoms with Gasteiger partial charge in [0.05, 0.1) is 16.7 Å². The number of aromatic nitrogens is 1. The average molecular weight is 234 g/mol. The molecule has 0 spiro atoms. The number of ether oxygens (including phenoxy) is 1. The fourth-order valence-electron chi connectivity index (χ4n) is 2.21. The number of rotatable bonds is 2. The minimum Gasteiger partial charge on any atom is -0.491 e. The summed E-state index contributed by atoms with van der Waals surface area (Å²) in [6.45, 7) is 3.93. The fourth-order valence-corrected chi connectivity index (χ4v) is 2.21.